The van der Waals surface area contributed by atoms with Crippen molar-refractivity contribution in [3.63, 3.8) is 0 Å². The smallest absolute Gasteiger partial charge is 0.241 e. The number of methoxy groups -OCH3 is 1. The molecule has 1 saturated heterocycles. The third-order valence-corrected chi connectivity index (χ3v) is 6.51. The molecule has 1 heterocycles. The van der Waals surface area contributed by atoms with Gasteiger partial charge in [0.05, 0.1) is 6.61 Å². The van der Waals surface area contributed by atoms with E-state index in [1.165, 1.54) is 0 Å². The first-order valence-electron chi connectivity index (χ1n) is 8.29. The SMILES string of the molecule is COCCOc1ccccc1CNC(=O)C1(S(C)(=O)=O)CCNCC1. The zero-order chi connectivity index (χ0) is 18.3. The fourth-order valence-electron chi connectivity index (χ4n) is 2.96. The number of piperidine rings is 1. The molecule has 1 fully saturated rings. The molecule has 2 rings (SSSR count). The third-order valence-electron chi connectivity index (χ3n) is 4.49. The number of carbonyl (C=O) groups is 1. The number of amides is 1. The third kappa shape index (κ3) is 4.71. The quantitative estimate of drug-likeness (QED) is 0.647. The van der Waals surface area contributed by atoms with Crippen LogP contribution >= 0.6 is 0 Å². The van der Waals surface area contributed by atoms with E-state index in [4.69, 9.17) is 9.47 Å². The van der Waals surface area contributed by atoms with Crippen LogP contribution in [0.25, 0.3) is 0 Å². The molecule has 0 aromatic heterocycles. The van der Waals surface area contributed by atoms with Gasteiger partial charge in [0.15, 0.2) is 14.6 Å². The highest BCUT2D eigenvalue weighted by molar-refractivity contribution is 7.92. The molecule has 2 N–H and O–H groups in total. The largest absolute Gasteiger partial charge is 0.491 e. The molecule has 1 aliphatic rings. The van der Waals surface area contributed by atoms with Gasteiger partial charge in [-0.05, 0) is 32.0 Å². The first-order valence-corrected chi connectivity index (χ1v) is 10.2. The number of ether oxygens (including phenoxy) is 2. The predicted octanol–water partition coefficient (Wildman–Crippen LogP) is 0.495. The highest BCUT2D eigenvalue weighted by Crippen LogP contribution is 2.28. The summed E-state index contributed by atoms with van der Waals surface area (Å²) in [4.78, 5) is 12.7. The maximum atomic E-state index is 12.7. The Labute approximate surface area is 149 Å². The van der Waals surface area contributed by atoms with Gasteiger partial charge in [-0.3, -0.25) is 4.79 Å². The van der Waals surface area contributed by atoms with E-state index in [0.29, 0.717) is 32.1 Å². The molecule has 0 bridgehead atoms. The summed E-state index contributed by atoms with van der Waals surface area (Å²) in [6.45, 7) is 2.10. The van der Waals surface area contributed by atoms with Crippen molar-refractivity contribution < 1.29 is 22.7 Å². The van der Waals surface area contributed by atoms with Gasteiger partial charge in [0.1, 0.15) is 12.4 Å². The number of rotatable bonds is 8. The molecule has 1 aromatic carbocycles. The normalized spacial score (nSPS) is 17.0. The summed E-state index contributed by atoms with van der Waals surface area (Å²) < 4.78 is 33.8. The summed E-state index contributed by atoms with van der Waals surface area (Å²) in [6.07, 6.45) is 1.70. The summed E-state index contributed by atoms with van der Waals surface area (Å²) in [6, 6.07) is 7.35. The van der Waals surface area contributed by atoms with Crippen LogP contribution in [-0.4, -0.2) is 58.7 Å². The molecule has 1 aliphatic heterocycles. The van der Waals surface area contributed by atoms with Crippen LogP contribution in [0.15, 0.2) is 24.3 Å². The molecule has 7 nitrogen and oxygen atoms in total. The van der Waals surface area contributed by atoms with Gasteiger partial charge in [0.2, 0.25) is 5.91 Å². The Morgan fingerprint density at radius 1 is 1.24 bits per heavy atom. The first-order chi connectivity index (χ1) is 11.9. The van der Waals surface area contributed by atoms with Crippen molar-refractivity contribution in [1.82, 2.24) is 10.6 Å². The van der Waals surface area contributed by atoms with Crippen molar-refractivity contribution in [2.45, 2.75) is 24.1 Å². The monoisotopic (exact) mass is 370 g/mol. The van der Waals surface area contributed by atoms with Gasteiger partial charge in [-0.2, -0.15) is 0 Å². The lowest BCUT2D eigenvalue weighted by Gasteiger charge is -2.34. The minimum Gasteiger partial charge on any atom is -0.491 e. The molecule has 1 amide bonds. The van der Waals surface area contributed by atoms with Crippen molar-refractivity contribution >= 4 is 15.7 Å². The molecule has 0 radical (unpaired) electrons. The number of para-hydroxylation sites is 1. The topological polar surface area (TPSA) is 93.7 Å². The van der Waals surface area contributed by atoms with Gasteiger partial charge in [-0.15, -0.1) is 0 Å². The molecule has 0 spiro atoms. The van der Waals surface area contributed by atoms with Crippen LogP contribution in [0.2, 0.25) is 0 Å². The molecule has 0 atom stereocenters. The van der Waals surface area contributed by atoms with Crippen molar-refractivity contribution in [1.29, 1.82) is 0 Å². The Hall–Kier alpha value is -1.64. The van der Waals surface area contributed by atoms with Gasteiger partial charge in [-0.25, -0.2) is 8.42 Å². The van der Waals surface area contributed by atoms with Crippen LogP contribution in [0.3, 0.4) is 0 Å². The Morgan fingerprint density at radius 3 is 2.56 bits per heavy atom. The van der Waals surface area contributed by atoms with Gasteiger partial charge in [-0.1, -0.05) is 18.2 Å². The minimum atomic E-state index is -3.52. The molecule has 8 heteroatoms. The van der Waals surface area contributed by atoms with Crippen molar-refractivity contribution in [2.75, 3.05) is 39.7 Å². The fraction of sp³-hybridized carbons (Fsp3) is 0.588. The van der Waals surface area contributed by atoms with Crippen molar-refractivity contribution in [3.8, 4) is 5.75 Å². The average Bonchev–Trinajstić information content (AvgIpc) is 2.60. The van der Waals surface area contributed by atoms with E-state index in [9.17, 15) is 13.2 Å². The van der Waals surface area contributed by atoms with Crippen molar-refractivity contribution in [2.24, 2.45) is 0 Å². The summed E-state index contributed by atoms with van der Waals surface area (Å²) >= 11 is 0. The molecular weight excluding hydrogens is 344 g/mol. The van der Waals surface area contributed by atoms with E-state index in [-0.39, 0.29) is 19.4 Å². The predicted molar refractivity (Wildman–Crippen MR) is 95.3 cm³/mol. The fourth-order valence-corrected chi connectivity index (χ4v) is 4.31. The lowest BCUT2D eigenvalue weighted by molar-refractivity contribution is -0.124. The number of carbonyl (C=O) groups excluding carboxylic acids is 1. The van der Waals surface area contributed by atoms with Gasteiger partial charge < -0.3 is 20.1 Å². The zero-order valence-electron chi connectivity index (χ0n) is 14.7. The van der Waals surface area contributed by atoms with E-state index in [2.05, 4.69) is 10.6 Å². The second-order valence-electron chi connectivity index (χ2n) is 6.15. The van der Waals surface area contributed by atoms with E-state index in [0.717, 1.165) is 11.8 Å². The molecule has 1 aromatic rings. The number of nitrogens with one attached hydrogen (secondary N) is 2. The van der Waals surface area contributed by atoms with Crippen LogP contribution in [0.4, 0.5) is 0 Å². The molecule has 0 saturated carbocycles. The second kappa shape index (κ2) is 8.64. The molecule has 25 heavy (non-hydrogen) atoms. The average molecular weight is 370 g/mol. The van der Waals surface area contributed by atoms with Crippen LogP contribution in [0, 0.1) is 0 Å². The highest BCUT2D eigenvalue weighted by atomic mass is 32.2. The Kier molecular flexibility index (Phi) is 6.80. The van der Waals surface area contributed by atoms with Crippen LogP contribution < -0.4 is 15.4 Å². The summed E-state index contributed by atoms with van der Waals surface area (Å²) in [5.74, 6) is 0.210. The number of sulfone groups is 1. The maximum absolute atomic E-state index is 12.7. The molecule has 0 aliphatic carbocycles. The lowest BCUT2D eigenvalue weighted by Crippen LogP contribution is -2.57. The Morgan fingerprint density at radius 2 is 1.92 bits per heavy atom. The summed E-state index contributed by atoms with van der Waals surface area (Å²) in [5, 5.41) is 5.89. The van der Waals surface area contributed by atoms with Gasteiger partial charge in [0.25, 0.3) is 0 Å². The van der Waals surface area contributed by atoms with Crippen LogP contribution in [0.1, 0.15) is 18.4 Å². The van der Waals surface area contributed by atoms with E-state index in [1.807, 2.05) is 24.3 Å². The maximum Gasteiger partial charge on any atom is 0.241 e. The second-order valence-corrected chi connectivity index (χ2v) is 8.47. The summed E-state index contributed by atoms with van der Waals surface area (Å²) in [7, 11) is -1.92. The van der Waals surface area contributed by atoms with Gasteiger partial charge >= 0.3 is 0 Å². The molecule has 0 unspecified atom stereocenters. The van der Waals surface area contributed by atoms with E-state index < -0.39 is 20.5 Å². The summed E-state index contributed by atoms with van der Waals surface area (Å²) in [5.41, 5.74) is 0.796. The zero-order valence-corrected chi connectivity index (χ0v) is 15.5. The van der Waals surface area contributed by atoms with E-state index in [1.54, 1.807) is 7.11 Å². The molecule has 140 valence electrons. The number of hydrogen-bond donors (Lipinski definition) is 2. The molecular formula is C17H26N2O5S. The highest BCUT2D eigenvalue weighted by Gasteiger charge is 2.48. The van der Waals surface area contributed by atoms with Crippen LogP contribution in [0.5, 0.6) is 5.75 Å². The van der Waals surface area contributed by atoms with E-state index >= 15 is 0 Å². The van der Waals surface area contributed by atoms with Crippen molar-refractivity contribution in [3.05, 3.63) is 29.8 Å². The van der Waals surface area contributed by atoms with Crippen LogP contribution in [-0.2, 0) is 25.9 Å². The lowest BCUT2D eigenvalue weighted by atomic mass is 9.95. The first kappa shape index (κ1) is 19.7. The number of hydrogen-bond acceptors (Lipinski definition) is 6. The Bertz CT molecular complexity index is 684. The number of benzene rings is 1. The Balaban J connectivity index is 2.08. The van der Waals surface area contributed by atoms with Gasteiger partial charge in [0, 0.05) is 25.5 Å². The standard InChI is InChI=1S/C17H26N2O5S/c1-23-11-12-24-15-6-4-3-5-14(15)13-19-16(20)17(25(2,21)22)7-9-18-10-8-17/h3-6,18H,7-13H2,1-2H3,(H,19,20). The minimum absolute atomic E-state index is 0.215.